The molecule has 1 aliphatic heterocycles. The van der Waals surface area contributed by atoms with Crippen LogP contribution in [0.2, 0.25) is 0 Å². The van der Waals surface area contributed by atoms with Crippen molar-refractivity contribution in [1.29, 1.82) is 0 Å². The molecule has 0 radical (unpaired) electrons. The summed E-state index contributed by atoms with van der Waals surface area (Å²) < 4.78 is 27.1. The van der Waals surface area contributed by atoms with Gasteiger partial charge in [0.1, 0.15) is 0 Å². The fraction of sp³-hybridized carbons (Fsp3) is 0.818. The molecule has 18 heavy (non-hydrogen) atoms. The summed E-state index contributed by atoms with van der Waals surface area (Å²) >= 11 is 0. The molecule has 3 rings (SSSR count). The summed E-state index contributed by atoms with van der Waals surface area (Å²) in [4.78, 5) is 0. The minimum atomic E-state index is -3.11. The number of nitrogens with zero attached hydrogens (tertiary/aromatic N) is 4. The second-order valence-electron chi connectivity index (χ2n) is 5.46. The first-order chi connectivity index (χ1) is 8.48. The zero-order chi connectivity index (χ0) is 12.9. The minimum absolute atomic E-state index is 0.151. The van der Waals surface area contributed by atoms with Crippen LogP contribution in [0.1, 0.15) is 44.3 Å². The van der Waals surface area contributed by atoms with Crippen molar-refractivity contribution in [2.45, 2.75) is 43.9 Å². The van der Waals surface area contributed by atoms with Gasteiger partial charge in [0, 0.05) is 25.2 Å². The molecule has 0 N–H and O–H groups in total. The van der Waals surface area contributed by atoms with Gasteiger partial charge >= 0.3 is 0 Å². The highest BCUT2D eigenvalue weighted by Crippen LogP contribution is 2.39. The van der Waals surface area contributed by atoms with Gasteiger partial charge in [-0.25, -0.2) is 13.1 Å². The molecule has 0 bridgehead atoms. The maximum atomic E-state index is 11.9. The second-order valence-corrected chi connectivity index (χ2v) is 7.95. The maximum absolute atomic E-state index is 11.9. The molecule has 0 atom stereocenters. The molecule has 0 aromatic carbocycles. The summed E-state index contributed by atoms with van der Waals surface area (Å²) in [5, 5.41) is 7.90. The number of aromatic nitrogens is 3. The van der Waals surface area contributed by atoms with Gasteiger partial charge in [0.05, 0.1) is 17.0 Å². The molecule has 1 aliphatic carbocycles. The Morgan fingerprint density at radius 3 is 2.56 bits per heavy atom. The quantitative estimate of drug-likeness (QED) is 0.809. The van der Waals surface area contributed by atoms with Crippen molar-refractivity contribution in [2.75, 3.05) is 13.1 Å². The lowest BCUT2D eigenvalue weighted by Gasteiger charge is -2.38. The van der Waals surface area contributed by atoms with Crippen LogP contribution in [0.15, 0.2) is 6.20 Å². The largest absolute Gasteiger partial charge is 0.247 e. The fourth-order valence-corrected chi connectivity index (χ4v) is 3.48. The van der Waals surface area contributed by atoms with Crippen LogP contribution in [-0.4, -0.2) is 46.1 Å². The average Bonchev–Trinajstić information content (AvgIpc) is 2.97. The molecule has 0 unspecified atom stereocenters. The third-order valence-corrected chi connectivity index (χ3v) is 5.89. The highest BCUT2D eigenvalue weighted by molar-refractivity contribution is 7.89. The van der Waals surface area contributed by atoms with Gasteiger partial charge in [-0.05, 0) is 26.7 Å². The van der Waals surface area contributed by atoms with Gasteiger partial charge in [0.15, 0.2) is 0 Å². The third kappa shape index (κ3) is 1.95. The highest BCUT2D eigenvalue weighted by Gasteiger charge is 2.39. The summed E-state index contributed by atoms with van der Waals surface area (Å²) in [6.07, 6.45) is 4.39. The first kappa shape index (κ1) is 12.1. The van der Waals surface area contributed by atoms with Crippen molar-refractivity contribution in [2.24, 2.45) is 0 Å². The van der Waals surface area contributed by atoms with Crippen molar-refractivity contribution in [3.8, 4) is 0 Å². The number of hydrogen-bond donors (Lipinski definition) is 0. The van der Waals surface area contributed by atoms with E-state index in [9.17, 15) is 8.42 Å². The molecule has 2 fully saturated rings. The first-order valence-electron chi connectivity index (χ1n) is 6.39. The Hall–Kier alpha value is -0.950. The Kier molecular flexibility index (Phi) is 2.71. The predicted molar refractivity (Wildman–Crippen MR) is 66.7 cm³/mol. The lowest BCUT2D eigenvalue weighted by molar-refractivity contribution is 0.187. The molecular formula is C11H18N4O2S. The zero-order valence-electron chi connectivity index (χ0n) is 10.7. The van der Waals surface area contributed by atoms with Crippen LogP contribution in [-0.2, 0) is 10.0 Å². The van der Waals surface area contributed by atoms with Gasteiger partial charge < -0.3 is 0 Å². The van der Waals surface area contributed by atoms with Crippen molar-refractivity contribution in [3.05, 3.63) is 11.9 Å². The van der Waals surface area contributed by atoms with E-state index < -0.39 is 10.0 Å². The van der Waals surface area contributed by atoms with E-state index in [4.69, 9.17) is 0 Å². The summed E-state index contributed by atoms with van der Waals surface area (Å²) in [6.45, 7) is 4.47. The molecule has 1 saturated heterocycles. The van der Waals surface area contributed by atoms with Crippen molar-refractivity contribution >= 4 is 10.0 Å². The Morgan fingerprint density at radius 1 is 1.33 bits per heavy atom. The summed E-state index contributed by atoms with van der Waals surface area (Å²) in [5.74, 6) is 0.592. The van der Waals surface area contributed by atoms with Crippen molar-refractivity contribution < 1.29 is 8.42 Å². The Bertz CT molecular complexity index is 541. The molecule has 100 valence electrons. The third-order valence-electron chi connectivity index (χ3n) is 3.68. The molecule has 2 aliphatic rings. The van der Waals surface area contributed by atoms with Crippen molar-refractivity contribution in [1.82, 2.24) is 19.3 Å². The van der Waals surface area contributed by atoms with Crippen molar-refractivity contribution in [3.63, 3.8) is 0 Å². The molecule has 0 spiro atoms. The van der Waals surface area contributed by atoms with E-state index in [0.717, 1.165) is 5.69 Å². The molecule has 1 aromatic rings. The summed E-state index contributed by atoms with van der Waals surface area (Å²) in [7, 11) is -3.11. The second kappa shape index (κ2) is 4.03. The summed E-state index contributed by atoms with van der Waals surface area (Å²) in [5.41, 5.74) is 1.06. The lowest BCUT2D eigenvalue weighted by Crippen LogP contribution is -2.52. The SMILES string of the molecule is CC(C)S(=O)(=O)N1CC(n2cc(C3CC3)nn2)C1. The Balaban J connectivity index is 1.64. The van der Waals surface area contributed by atoms with E-state index in [2.05, 4.69) is 10.3 Å². The molecule has 0 amide bonds. The standard InChI is InChI=1S/C11H18N4O2S/c1-8(2)18(16,17)14-5-10(6-14)15-7-11(12-13-15)9-3-4-9/h7-10H,3-6H2,1-2H3. The topological polar surface area (TPSA) is 68.1 Å². The highest BCUT2D eigenvalue weighted by atomic mass is 32.2. The average molecular weight is 270 g/mol. The van der Waals surface area contributed by atoms with Crippen LogP contribution < -0.4 is 0 Å². The first-order valence-corrected chi connectivity index (χ1v) is 7.89. The van der Waals surface area contributed by atoms with E-state index in [1.807, 2.05) is 10.9 Å². The van der Waals surface area contributed by atoms with Gasteiger partial charge in [-0.1, -0.05) is 5.21 Å². The smallest absolute Gasteiger partial charge is 0.216 e. The maximum Gasteiger partial charge on any atom is 0.216 e. The fourth-order valence-electron chi connectivity index (χ4n) is 2.12. The van der Waals surface area contributed by atoms with Crippen LogP contribution >= 0.6 is 0 Å². The molecule has 7 heteroatoms. The van der Waals surface area contributed by atoms with Crippen LogP contribution in [0.3, 0.4) is 0 Å². The molecule has 2 heterocycles. The Morgan fingerprint density at radius 2 is 2.00 bits per heavy atom. The Labute approximate surface area is 107 Å². The van der Waals surface area contributed by atoms with Gasteiger partial charge in [-0.15, -0.1) is 5.10 Å². The minimum Gasteiger partial charge on any atom is -0.247 e. The van der Waals surface area contributed by atoms with Crippen LogP contribution in [0, 0.1) is 0 Å². The normalized spacial score (nSPS) is 22.4. The molecule has 6 nitrogen and oxygen atoms in total. The zero-order valence-corrected chi connectivity index (χ0v) is 11.5. The van der Waals surface area contributed by atoms with E-state index >= 15 is 0 Å². The molecule has 1 aromatic heterocycles. The number of hydrogen-bond acceptors (Lipinski definition) is 4. The van der Waals surface area contributed by atoms with Gasteiger partial charge in [-0.3, -0.25) is 0 Å². The van der Waals surface area contributed by atoms with E-state index in [-0.39, 0.29) is 11.3 Å². The number of sulfonamides is 1. The number of rotatable bonds is 4. The van der Waals surface area contributed by atoms with Crippen LogP contribution in [0.5, 0.6) is 0 Å². The molecule has 1 saturated carbocycles. The van der Waals surface area contributed by atoms with Gasteiger partial charge in [0.25, 0.3) is 0 Å². The van der Waals surface area contributed by atoms with E-state index in [0.29, 0.717) is 19.0 Å². The van der Waals surface area contributed by atoms with E-state index in [1.54, 1.807) is 13.8 Å². The lowest BCUT2D eigenvalue weighted by atomic mass is 10.2. The van der Waals surface area contributed by atoms with Crippen LogP contribution in [0.4, 0.5) is 0 Å². The predicted octanol–water partition coefficient (Wildman–Crippen LogP) is 0.750. The summed E-state index contributed by atoms with van der Waals surface area (Å²) in [6, 6.07) is 0.151. The van der Waals surface area contributed by atoms with Gasteiger partial charge in [-0.2, -0.15) is 4.31 Å². The van der Waals surface area contributed by atoms with Crippen LogP contribution in [0.25, 0.3) is 0 Å². The molecular weight excluding hydrogens is 252 g/mol. The monoisotopic (exact) mass is 270 g/mol. The van der Waals surface area contributed by atoms with E-state index in [1.165, 1.54) is 17.1 Å². The van der Waals surface area contributed by atoms with Gasteiger partial charge in [0.2, 0.25) is 10.0 Å².